The lowest BCUT2D eigenvalue weighted by Crippen LogP contribution is -2.07. The second kappa shape index (κ2) is 7.02. The fourth-order valence-electron chi connectivity index (χ4n) is 2.76. The van der Waals surface area contributed by atoms with Crippen molar-refractivity contribution in [1.29, 1.82) is 5.26 Å². The first-order valence-electron chi connectivity index (χ1n) is 8.09. The number of hydrogen-bond donors (Lipinski definition) is 0. The van der Waals surface area contributed by atoms with Gasteiger partial charge in [-0.05, 0) is 35.9 Å². The number of allylic oxidation sites excluding steroid dienone is 1. The van der Waals surface area contributed by atoms with Crippen LogP contribution in [0.1, 0.15) is 16.1 Å². The number of thiazole rings is 1. The van der Waals surface area contributed by atoms with Crippen LogP contribution in [0.15, 0.2) is 47.8 Å². The highest BCUT2D eigenvalue weighted by Crippen LogP contribution is 2.37. The largest absolute Gasteiger partial charge is 0.454 e. The van der Waals surface area contributed by atoms with E-state index < -0.39 is 11.7 Å². The van der Waals surface area contributed by atoms with E-state index in [4.69, 9.17) is 9.47 Å². The first kappa shape index (κ1) is 18.1. The van der Waals surface area contributed by atoms with Gasteiger partial charge in [0, 0.05) is 10.9 Å². The van der Waals surface area contributed by atoms with Crippen LogP contribution in [0.3, 0.4) is 0 Å². The summed E-state index contributed by atoms with van der Waals surface area (Å²) in [6.45, 7) is 0.154. The zero-order valence-corrected chi connectivity index (χ0v) is 15.0. The van der Waals surface area contributed by atoms with E-state index in [1.807, 2.05) is 6.07 Å². The Bertz CT molecular complexity index is 1110. The molecule has 0 N–H and O–H groups in total. The molecule has 0 fully saturated rings. The molecule has 8 heteroatoms. The normalized spacial score (nSPS) is 13.4. The van der Waals surface area contributed by atoms with Crippen molar-refractivity contribution in [3.63, 3.8) is 0 Å². The standard InChI is InChI=1S/C20H11F3N2O2S/c21-20(22,23)15-4-2-1-3-12(15)7-14(9-24)19-25-16(10-28-19)13-5-6-17-18(8-13)27-11-26-17/h1-8,10H,11H2/b14-7+. The topological polar surface area (TPSA) is 55.1 Å². The summed E-state index contributed by atoms with van der Waals surface area (Å²) in [7, 11) is 0. The van der Waals surface area contributed by atoms with Gasteiger partial charge in [-0.1, -0.05) is 18.2 Å². The summed E-state index contributed by atoms with van der Waals surface area (Å²) in [5, 5.41) is 11.6. The van der Waals surface area contributed by atoms with Gasteiger partial charge >= 0.3 is 6.18 Å². The number of nitriles is 1. The summed E-state index contributed by atoms with van der Waals surface area (Å²) in [6, 6.07) is 12.4. The van der Waals surface area contributed by atoms with Crippen LogP contribution < -0.4 is 9.47 Å². The number of ether oxygens (including phenoxy) is 2. The number of hydrogen-bond acceptors (Lipinski definition) is 5. The van der Waals surface area contributed by atoms with Crippen LogP contribution in [0.4, 0.5) is 13.2 Å². The molecule has 0 amide bonds. The molecule has 1 aliphatic rings. The average molecular weight is 400 g/mol. The molecule has 2 heterocycles. The fourth-order valence-corrected chi connectivity index (χ4v) is 3.56. The van der Waals surface area contributed by atoms with Gasteiger partial charge in [0.05, 0.1) is 16.8 Å². The van der Waals surface area contributed by atoms with E-state index in [0.717, 1.165) is 11.6 Å². The van der Waals surface area contributed by atoms with Crippen LogP contribution in [0.25, 0.3) is 22.9 Å². The number of halogens is 3. The van der Waals surface area contributed by atoms with Gasteiger partial charge in [-0.2, -0.15) is 18.4 Å². The van der Waals surface area contributed by atoms with Gasteiger partial charge in [0.2, 0.25) is 6.79 Å². The third-order valence-corrected chi connectivity index (χ3v) is 4.96. The number of alkyl halides is 3. The summed E-state index contributed by atoms with van der Waals surface area (Å²) < 4.78 is 50.2. The zero-order valence-electron chi connectivity index (χ0n) is 14.2. The predicted octanol–water partition coefficient (Wildman–Crippen LogP) is 5.62. The minimum Gasteiger partial charge on any atom is -0.454 e. The second-order valence-corrected chi connectivity index (χ2v) is 6.72. The van der Waals surface area contributed by atoms with Crippen LogP contribution in [-0.4, -0.2) is 11.8 Å². The Morgan fingerprint density at radius 2 is 1.93 bits per heavy atom. The van der Waals surface area contributed by atoms with E-state index in [1.165, 1.54) is 35.6 Å². The van der Waals surface area contributed by atoms with Gasteiger partial charge in [0.1, 0.15) is 11.1 Å². The Labute approximate surface area is 162 Å². The highest BCUT2D eigenvalue weighted by Gasteiger charge is 2.32. The Morgan fingerprint density at radius 3 is 2.71 bits per heavy atom. The van der Waals surface area contributed by atoms with E-state index in [-0.39, 0.29) is 17.9 Å². The maximum absolute atomic E-state index is 13.2. The molecule has 3 aromatic rings. The molecule has 140 valence electrons. The van der Waals surface area contributed by atoms with Crippen molar-refractivity contribution in [3.8, 4) is 28.8 Å². The van der Waals surface area contributed by atoms with Crippen LogP contribution in [0, 0.1) is 11.3 Å². The molecule has 0 unspecified atom stereocenters. The summed E-state index contributed by atoms with van der Waals surface area (Å²) >= 11 is 1.19. The molecule has 0 bridgehead atoms. The molecule has 4 rings (SSSR count). The van der Waals surface area contributed by atoms with Crippen molar-refractivity contribution in [1.82, 2.24) is 4.98 Å². The fraction of sp³-hybridized carbons (Fsp3) is 0.100. The van der Waals surface area contributed by atoms with Gasteiger partial charge < -0.3 is 9.47 Å². The Balaban J connectivity index is 1.70. The van der Waals surface area contributed by atoms with Crippen molar-refractivity contribution in [2.45, 2.75) is 6.18 Å². The van der Waals surface area contributed by atoms with Crippen LogP contribution in [0.5, 0.6) is 11.5 Å². The third-order valence-electron chi connectivity index (χ3n) is 4.09. The first-order chi connectivity index (χ1) is 13.5. The molecule has 0 aliphatic carbocycles. The molecule has 1 aromatic heterocycles. The van der Waals surface area contributed by atoms with E-state index >= 15 is 0 Å². The first-order valence-corrected chi connectivity index (χ1v) is 8.97. The molecule has 2 aromatic carbocycles. The van der Waals surface area contributed by atoms with E-state index in [2.05, 4.69) is 4.98 Å². The Morgan fingerprint density at radius 1 is 1.14 bits per heavy atom. The van der Waals surface area contributed by atoms with Crippen molar-refractivity contribution in [3.05, 3.63) is 64.0 Å². The predicted molar refractivity (Wildman–Crippen MR) is 98.6 cm³/mol. The molecule has 0 radical (unpaired) electrons. The number of benzene rings is 2. The average Bonchev–Trinajstić information content (AvgIpc) is 3.34. The Kier molecular flexibility index (Phi) is 4.53. The molecule has 0 saturated carbocycles. The van der Waals surface area contributed by atoms with Gasteiger partial charge in [-0.25, -0.2) is 4.98 Å². The number of nitrogens with zero attached hydrogens (tertiary/aromatic N) is 2. The molecular weight excluding hydrogens is 389 g/mol. The van der Waals surface area contributed by atoms with Crippen LogP contribution >= 0.6 is 11.3 Å². The van der Waals surface area contributed by atoms with Gasteiger partial charge in [-0.3, -0.25) is 0 Å². The van der Waals surface area contributed by atoms with Crippen molar-refractivity contribution in [2.24, 2.45) is 0 Å². The zero-order chi connectivity index (χ0) is 19.7. The van der Waals surface area contributed by atoms with E-state index in [1.54, 1.807) is 23.6 Å². The SMILES string of the molecule is N#C/C(=C\c1ccccc1C(F)(F)F)c1nc(-c2ccc3c(c2)OCO3)cs1. The lowest BCUT2D eigenvalue weighted by Gasteiger charge is -2.09. The minimum absolute atomic E-state index is 0.0636. The van der Waals surface area contributed by atoms with Crippen molar-refractivity contribution in [2.75, 3.05) is 6.79 Å². The van der Waals surface area contributed by atoms with Gasteiger partial charge in [-0.15, -0.1) is 11.3 Å². The maximum Gasteiger partial charge on any atom is 0.416 e. The lowest BCUT2D eigenvalue weighted by molar-refractivity contribution is -0.137. The van der Waals surface area contributed by atoms with Gasteiger partial charge in [0.15, 0.2) is 11.5 Å². The van der Waals surface area contributed by atoms with E-state index in [0.29, 0.717) is 22.2 Å². The van der Waals surface area contributed by atoms with Crippen molar-refractivity contribution >= 4 is 23.0 Å². The van der Waals surface area contributed by atoms with Gasteiger partial charge in [0.25, 0.3) is 0 Å². The minimum atomic E-state index is -4.51. The lowest BCUT2D eigenvalue weighted by atomic mass is 10.0. The monoisotopic (exact) mass is 400 g/mol. The highest BCUT2D eigenvalue weighted by molar-refractivity contribution is 7.11. The number of aromatic nitrogens is 1. The second-order valence-electron chi connectivity index (χ2n) is 5.86. The molecule has 4 nitrogen and oxygen atoms in total. The van der Waals surface area contributed by atoms with Crippen molar-refractivity contribution < 1.29 is 22.6 Å². The molecular formula is C20H11F3N2O2S. The summed E-state index contributed by atoms with van der Waals surface area (Å²) in [6.07, 6.45) is -3.29. The number of fused-ring (bicyclic) bond motifs is 1. The smallest absolute Gasteiger partial charge is 0.416 e. The van der Waals surface area contributed by atoms with Crippen LogP contribution in [-0.2, 0) is 6.18 Å². The molecule has 1 aliphatic heterocycles. The highest BCUT2D eigenvalue weighted by atomic mass is 32.1. The third kappa shape index (κ3) is 3.44. The molecule has 0 spiro atoms. The summed E-state index contributed by atoms with van der Waals surface area (Å²) in [5.41, 5.74) is 0.554. The molecule has 0 saturated heterocycles. The summed E-state index contributed by atoms with van der Waals surface area (Å²) in [4.78, 5) is 4.42. The van der Waals surface area contributed by atoms with E-state index in [9.17, 15) is 18.4 Å². The quantitative estimate of drug-likeness (QED) is 0.536. The summed E-state index contributed by atoms with van der Waals surface area (Å²) in [5.74, 6) is 1.24. The molecule has 28 heavy (non-hydrogen) atoms. The Hall–Kier alpha value is -3.31. The molecule has 0 atom stereocenters. The maximum atomic E-state index is 13.2. The number of rotatable bonds is 3. The van der Waals surface area contributed by atoms with Crippen LogP contribution in [0.2, 0.25) is 0 Å².